The highest BCUT2D eigenvalue weighted by Crippen LogP contribution is 2.23. The van der Waals surface area contributed by atoms with Crippen LogP contribution in [0, 0.1) is 5.92 Å². The van der Waals surface area contributed by atoms with Crippen LogP contribution in [-0.2, 0) is 6.42 Å². The molecule has 3 nitrogen and oxygen atoms in total. The quantitative estimate of drug-likeness (QED) is 0.842. The molecule has 0 bridgehead atoms. The fraction of sp³-hybridized carbons (Fsp3) is 0.500. The third kappa shape index (κ3) is 4.12. The second-order valence-corrected chi connectivity index (χ2v) is 6.17. The van der Waals surface area contributed by atoms with E-state index in [1.165, 1.54) is 22.7 Å². The number of benzene rings is 1. The normalized spacial score (nSPS) is 12.8. The van der Waals surface area contributed by atoms with Gasteiger partial charge in [-0.1, -0.05) is 49.5 Å². The Morgan fingerprint density at radius 2 is 2.15 bits per heavy atom. The van der Waals surface area contributed by atoms with Crippen molar-refractivity contribution in [3.05, 3.63) is 46.5 Å². The number of aromatic nitrogens is 2. The molecule has 1 unspecified atom stereocenters. The summed E-state index contributed by atoms with van der Waals surface area (Å²) in [6.07, 6.45) is 2.23. The van der Waals surface area contributed by atoms with Gasteiger partial charge in [-0.25, -0.2) is 0 Å². The number of rotatable bonds is 7. The largest absolute Gasteiger partial charge is 0.305 e. The molecular weight excluding hydrogens is 266 g/mol. The van der Waals surface area contributed by atoms with Gasteiger partial charge in [0.25, 0.3) is 0 Å². The molecule has 0 radical (unpaired) electrons. The summed E-state index contributed by atoms with van der Waals surface area (Å²) in [4.78, 5) is 0. The van der Waals surface area contributed by atoms with Gasteiger partial charge in [0.05, 0.1) is 11.7 Å². The fourth-order valence-electron chi connectivity index (χ4n) is 2.35. The van der Waals surface area contributed by atoms with Crippen molar-refractivity contribution in [3.63, 3.8) is 0 Å². The molecule has 0 fully saturated rings. The Kier molecular flexibility index (Phi) is 5.68. The summed E-state index contributed by atoms with van der Waals surface area (Å²) >= 11 is 1.41. The summed E-state index contributed by atoms with van der Waals surface area (Å²) in [5.41, 5.74) is 3.69. The predicted molar refractivity (Wildman–Crippen MR) is 85.0 cm³/mol. The molecule has 0 saturated carbocycles. The second kappa shape index (κ2) is 7.50. The summed E-state index contributed by atoms with van der Waals surface area (Å²) in [5.74, 6) is 0.674. The summed E-state index contributed by atoms with van der Waals surface area (Å²) in [5, 5.41) is 9.85. The molecule has 0 amide bonds. The molecule has 0 aliphatic heterocycles. The molecule has 1 aromatic carbocycles. The minimum absolute atomic E-state index is 0.154. The van der Waals surface area contributed by atoms with Gasteiger partial charge in [0, 0.05) is 5.38 Å². The minimum Gasteiger partial charge on any atom is -0.305 e. The van der Waals surface area contributed by atoms with Crippen molar-refractivity contribution in [2.75, 3.05) is 6.54 Å². The molecule has 2 rings (SSSR count). The van der Waals surface area contributed by atoms with Gasteiger partial charge in [0.15, 0.2) is 0 Å². The van der Waals surface area contributed by atoms with E-state index in [1.807, 2.05) is 5.38 Å². The molecule has 0 saturated heterocycles. The Morgan fingerprint density at radius 3 is 2.80 bits per heavy atom. The zero-order chi connectivity index (χ0) is 14.4. The van der Waals surface area contributed by atoms with E-state index in [9.17, 15) is 0 Å². The van der Waals surface area contributed by atoms with Crippen molar-refractivity contribution in [1.29, 1.82) is 0 Å². The van der Waals surface area contributed by atoms with Gasteiger partial charge in [0.2, 0.25) is 0 Å². The van der Waals surface area contributed by atoms with Crippen LogP contribution < -0.4 is 5.32 Å². The molecule has 4 heteroatoms. The van der Waals surface area contributed by atoms with Crippen LogP contribution in [0.5, 0.6) is 0 Å². The van der Waals surface area contributed by atoms with E-state index in [-0.39, 0.29) is 6.04 Å². The van der Waals surface area contributed by atoms with Gasteiger partial charge in [-0.05, 0) is 48.0 Å². The van der Waals surface area contributed by atoms with Crippen molar-refractivity contribution < 1.29 is 0 Å². The molecule has 0 aliphatic carbocycles. The SMILES string of the molecule is CCCNC(c1cccc(CC(C)C)c1)c1csnn1. The predicted octanol–water partition coefficient (Wildman–Crippen LogP) is 3.83. The Morgan fingerprint density at radius 1 is 1.30 bits per heavy atom. The molecular formula is C16H23N3S. The average molecular weight is 289 g/mol. The maximum Gasteiger partial charge on any atom is 0.0970 e. The first-order valence-electron chi connectivity index (χ1n) is 7.30. The highest BCUT2D eigenvalue weighted by atomic mass is 32.1. The van der Waals surface area contributed by atoms with Crippen LogP contribution in [0.3, 0.4) is 0 Å². The van der Waals surface area contributed by atoms with Gasteiger partial charge in [0.1, 0.15) is 0 Å². The molecule has 1 heterocycles. The van der Waals surface area contributed by atoms with E-state index in [1.54, 1.807) is 0 Å². The third-order valence-electron chi connectivity index (χ3n) is 3.20. The van der Waals surface area contributed by atoms with Gasteiger partial charge in [-0.15, -0.1) is 5.10 Å². The number of hydrogen-bond donors (Lipinski definition) is 1. The maximum absolute atomic E-state index is 4.24. The topological polar surface area (TPSA) is 37.8 Å². The minimum atomic E-state index is 0.154. The fourth-order valence-corrected chi connectivity index (χ4v) is 2.83. The van der Waals surface area contributed by atoms with Crippen LogP contribution in [0.25, 0.3) is 0 Å². The van der Waals surface area contributed by atoms with E-state index >= 15 is 0 Å². The highest BCUT2D eigenvalue weighted by molar-refractivity contribution is 7.03. The highest BCUT2D eigenvalue weighted by Gasteiger charge is 2.16. The van der Waals surface area contributed by atoms with Gasteiger partial charge in [-0.3, -0.25) is 0 Å². The van der Waals surface area contributed by atoms with E-state index in [0.717, 1.165) is 25.1 Å². The van der Waals surface area contributed by atoms with Crippen LogP contribution in [0.2, 0.25) is 0 Å². The maximum atomic E-state index is 4.24. The van der Waals surface area contributed by atoms with Gasteiger partial charge >= 0.3 is 0 Å². The summed E-state index contributed by atoms with van der Waals surface area (Å²) in [7, 11) is 0. The Bertz CT molecular complexity index is 508. The van der Waals surface area contributed by atoms with Crippen molar-refractivity contribution in [2.45, 2.75) is 39.7 Å². The van der Waals surface area contributed by atoms with E-state index in [0.29, 0.717) is 5.92 Å². The Balaban J connectivity index is 2.24. The van der Waals surface area contributed by atoms with Crippen molar-refractivity contribution in [1.82, 2.24) is 14.9 Å². The molecule has 108 valence electrons. The number of hydrogen-bond acceptors (Lipinski definition) is 4. The lowest BCUT2D eigenvalue weighted by Crippen LogP contribution is -2.23. The molecule has 0 spiro atoms. The zero-order valence-electron chi connectivity index (χ0n) is 12.5. The van der Waals surface area contributed by atoms with Crippen LogP contribution in [0.15, 0.2) is 29.6 Å². The second-order valence-electron chi connectivity index (χ2n) is 5.56. The lowest BCUT2D eigenvalue weighted by atomic mass is 9.97. The summed E-state index contributed by atoms with van der Waals surface area (Å²) in [6.45, 7) is 7.67. The molecule has 0 aliphatic rings. The first-order chi connectivity index (χ1) is 9.70. The molecule has 1 atom stereocenters. The summed E-state index contributed by atoms with van der Waals surface area (Å²) in [6, 6.07) is 8.98. The molecule has 1 N–H and O–H groups in total. The monoisotopic (exact) mass is 289 g/mol. The van der Waals surface area contributed by atoms with Crippen molar-refractivity contribution >= 4 is 11.5 Å². The smallest absolute Gasteiger partial charge is 0.0970 e. The van der Waals surface area contributed by atoms with Crippen molar-refractivity contribution in [3.8, 4) is 0 Å². The number of nitrogens with one attached hydrogen (secondary N) is 1. The van der Waals surface area contributed by atoms with Crippen molar-refractivity contribution in [2.24, 2.45) is 5.92 Å². The van der Waals surface area contributed by atoms with E-state index in [4.69, 9.17) is 0 Å². The van der Waals surface area contributed by atoms with E-state index < -0.39 is 0 Å². The Hall–Kier alpha value is -1.26. The third-order valence-corrected chi connectivity index (χ3v) is 3.72. The molecule has 2 aromatic rings. The first-order valence-corrected chi connectivity index (χ1v) is 8.13. The van der Waals surface area contributed by atoms with Gasteiger partial charge in [-0.2, -0.15) is 0 Å². The van der Waals surface area contributed by atoms with Crippen LogP contribution in [0.4, 0.5) is 0 Å². The van der Waals surface area contributed by atoms with Crippen LogP contribution >= 0.6 is 11.5 Å². The van der Waals surface area contributed by atoms with Crippen LogP contribution in [0.1, 0.15) is 50.1 Å². The van der Waals surface area contributed by atoms with Crippen LogP contribution in [-0.4, -0.2) is 16.1 Å². The summed E-state index contributed by atoms with van der Waals surface area (Å²) < 4.78 is 4.00. The lowest BCUT2D eigenvalue weighted by Gasteiger charge is -2.18. The number of nitrogens with zero attached hydrogens (tertiary/aromatic N) is 2. The molecule has 20 heavy (non-hydrogen) atoms. The zero-order valence-corrected chi connectivity index (χ0v) is 13.3. The van der Waals surface area contributed by atoms with Gasteiger partial charge < -0.3 is 5.32 Å². The first kappa shape index (κ1) is 15.1. The van der Waals surface area contributed by atoms with E-state index in [2.05, 4.69) is 59.9 Å². The molecule has 1 aromatic heterocycles. The Labute approximate surface area is 125 Å². The standard InChI is InChI=1S/C16H23N3S/c1-4-8-17-16(15-11-20-19-18-15)14-7-5-6-13(10-14)9-12(2)3/h5-7,10-12,16-17H,4,8-9H2,1-3H3. The average Bonchev–Trinajstić information content (AvgIpc) is 2.93. The lowest BCUT2D eigenvalue weighted by molar-refractivity contribution is 0.583.